The summed E-state index contributed by atoms with van der Waals surface area (Å²) in [5.41, 5.74) is 6.50. The number of urea groups is 1. The lowest BCUT2D eigenvalue weighted by Gasteiger charge is -2.26. The number of likely N-dealkylation sites (tertiary alicyclic amines) is 1. The second-order valence-electron chi connectivity index (χ2n) is 7.21. The largest absolute Gasteiger partial charge is 0.375 e. The Bertz CT molecular complexity index is 641. The smallest absolute Gasteiger partial charge is 0.320 e. The lowest BCUT2D eigenvalue weighted by atomic mass is 9.98. The molecule has 3 N–H and O–H groups in total. The van der Waals surface area contributed by atoms with Crippen LogP contribution in [-0.2, 0) is 11.2 Å². The molecule has 3 rings (SSSR count). The van der Waals surface area contributed by atoms with Gasteiger partial charge in [-0.05, 0) is 39.0 Å². The molecular weight excluding hydrogens is 350 g/mol. The van der Waals surface area contributed by atoms with Gasteiger partial charge in [0.1, 0.15) is 0 Å². The van der Waals surface area contributed by atoms with Gasteiger partial charge in [0.25, 0.3) is 0 Å². The summed E-state index contributed by atoms with van der Waals surface area (Å²) in [5, 5.41) is 5.62. The number of nitrogens with one attached hydrogen (secondary N) is 1. The van der Waals surface area contributed by atoms with Crippen LogP contribution in [0.4, 0.5) is 9.93 Å². The molecule has 1 saturated heterocycles. The van der Waals surface area contributed by atoms with Crippen molar-refractivity contribution in [1.29, 1.82) is 0 Å². The summed E-state index contributed by atoms with van der Waals surface area (Å²) in [5.74, 6) is 1.06. The van der Waals surface area contributed by atoms with Gasteiger partial charge in [-0.25, -0.2) is 9.78 Å². The van der Waals surface area contributed by atoms with Crippen molar-refractivity contribution < 1.29 is 9.59 Å². The Morgan fingerprint density at radius 3 is 2.65 bits per heavy atom. The van der Waals surface area contributed by atoms with Gasteiger partial charge in [0.2, 0.25) is 5.91 Å². The maximum Gasteiger partial charge on any atom is 0.320 e. The quantitative estimate of drug-likeness (QED) is 0.757. The fourth-order valence-electron chi connectivity index (χ4n) is 3.79. The average molecular weight is 380 g/mol. The van der Waals surface area contributed by atoms with Crippen LogP contribution in [0.3, 0.4) is 0 Å². The molecule has 0 spiro atoms. The van der Waals surface area contributed by atoms with E-state index in [1.165, 1.54) is 24.2 Å². The van der Waals surface area contributed by atoms with Gasteiger partial charge in [0.15, 0.2) is 5.13 Å². The normalized spacial score (nSPS) is 22.5. The number of carbonyl (C=O) groups is 2. The number of aryl methyl sites for hydroxylation is 1. The summed E-state index contributed by atoms with van der Waals surface area (Å²) < 4.78 is 0. The van der Waals surface area contributed by atoms with E-state index in [0.717, 1.165) is 12.2 Å². The van der Waals surface area contributed by atoms with E-state index in [9.17, 15) is 9.59 Å². The number of nitrogens with zero attached hydrogens (tertiary/aromatic N) is 3. The minimum atomic E-state index is 0.0318. The Labute approximate surface area is 158 Å². The van der Waals surface area contributed by atoms with Gasteiger partial charge in [-0.2, -0.15) is 0 Å². The molecule has 2 unspecified atom stereocenters. The summed E-state index contributed by atoms with van der Waals surface area (Å²) >= 11 is 1.40. The van der Waals surface area contributed by atoms with Crippen molar-refractivity contribution in [2.75, 3.05) is 31.9 Å². The zero-order valence-electron chi connectivity index (χ0n) is 15.6. The van der Waals surface area contributed by atoms with Crippen LogP contribution < -0.4 is 11.1 Å². The topological polar surface area (TPSA) is 91.6 Å². The van der Waals surface area contributed by atoms with Crippen LogP contribution in [0.2, 0.25) is 0 Å². The van der Waals surface area contributed by atoms with Crippen molar-refractivity contribution in [3.63, 3.8) is 0 Å². The van der Waals surface area contributed by atoms with Crippen LogP contribution in [0.1, 0.15) is 38.8 Å². The summed E-state index contributed by atoms with van der Waals surface area (Å²) in [7, 11) is 0. The molecule has 144 valence electrons. The number of aromatic nitrogens is 1. The molecule has 2 aliphatic rings. The lowest BCUT2D eigenvalue weighted by molar-refractivity contribution is -0.122. The summed E-state index contributed by atoms with van der Waals surface area (Å²) in [6.45, 7) is 6.81. The molecule has 1 aromatic rings. The number of nitrogen functional groups attached to an aromatic ring is 1. The maximum atomic E-state index is 12.7. The van der Waals surface area contributed by atoms with Crippen molar-refractivity contribution in [1.82, 2.24) is 20.1 Å². The van der Waals surface area contributed by atoms with Crippen molar-refractivity contribution in [2.24, 2.45) is 11.8 Å². The third kappa shape index (κ3) is 4.47. The molecule has 2 atom stereocenters. The zero-order chi connectivity index (χ0) is 18.7. The van der Waals surface area contributed by atoms with Crippen molar-refractivity contribution in [3.05, 3.63) is 11.1 Å². The molecule has 7 nitrogen and oxygen atoms in total. The van der Waals surface area contributed by atoms with E-state index in [1.54, 1.807) is 0 Å². The van der Waals surface area contributed by atoms with Crippen LogP contribution in [-0.4, -0.2) is 58.9 Å². The Hall–Kier alpha value is -1.83. The fraction of sp³-hybridized carbons (Fsp3) is 0.722. The molecule has 2 fully saturated rings. The molecule has 1 saturated carbocycles. The maximum absolute atomic E-state index is 12.7. The molecular formula is C18H29N5O2S. The summed E-state index contributed by atoms with van der Waals surface area (Å²) in [6.07, 6.45) is 3.42. The number of hydrogen-bond acceptors (Lipinski definition) is 5. The number of thiazole rings is 1. The van der Waals surface area contributed by atoms with Crippen LogP contribution in [0.5, 0.6) is 0 Å². The highest BCUT2D eigenvalue weighted by molar-refractivity contribution is 7.13. The third-order valence-corrected chi connectivity index (χ3v) is 6.14. The monoisotopic (exact) mass is 379 g/mol. The molecule has 3 amide bonds. The minimum absolute atomic E-state index is 0.0318. The van der Waals surface area contributed by atoms with Gasteiger partial charge < -0.3 is 20.9 Å². The summed E-state index contributed by atoms with van der Waals surface area (Å²) in [4.78, 5) is 33.0. The van der Waals surface area contributed by atoms with E-state index in [4.69, 9.17) is 5.73 Å². The highest BCUT2D eigenvalue weighted by atomic mass is 32.1. The molecule has 26 heavy (non-hydrogen) atoms. The molecule has 0 radical (unpaired) electrons. The van der Waals surface area contributed by atoms with Gasteiger partial charge in [-0.15, -0.1) is 11.3 Å². The van der Waals surface area contributed by atoms with Gasteiger partial charge in [-0.1, -0.05) is 0 Å². The van der Waals surface area contributed by atoms with Gasteiger partial charge in [-0.3, -0.25) is 4.79 Å². The van der Waals surface area contributed by atoms with Crippen LogP contribution in [0, 0.1) is 11.8 Å². The van der Waals surface area contributed by atoms with Crippen LogP contribution in [0.15, 0.2) is 5.38 Å². The minimum Gasteiger partial charge on any atom is -0.375 e. The Balaban J connectivity index is 1.55. The lowest BCUT2D eigenvalue weighted by Crippen LogP contribution is -2.44. The van der Waals surface area contributed by atoms with Crippen molar-refractivity contribution in [3.8, 4) is 0 Å². The molecule has 8 heteroatoms. The van der Waals surface area contributed by atoms with E-state index in [1.807, 2.05) is 29.0 Å². The second kappa shape index (κ2) is 8.24. The van der Waals surface area contributed by atoms with Crippen molar-refractivity contribution in [2.45, 2.75) is 45.6 Å². The number of carbonyl (C=O) groups excluding carboxylic acids is 2. The van der Waals surface area contributed by atoms with Crippen LogP contribution in [0.25, 0.3) is 0 Å². The molecule has 1 aliphatic carbocycles. The third-order valence-electron chi connectivity index (χ3n) is 5.42. The first-order valence-corrected chi connectivity index (χ1v) is 10.4. The van der Waals surface area contributed by atoms with E-state index in [-0.39, 0.29) is 18.0 Å². The predicted molar refractivity (Wildman–Crippen MR) is 103 cm³/mol. The number of anilines is 1. The molecule has 0 bridgehead atoms. The second-order valence-corrected chi connectivity index (χ2v) is 8.10. The highest BCUT2D eigenvalue weighted by Gasteiger charge is 2.44. The predicted octanol–water partition coefficient (Wildman–Crippen LogP) is 1.95. The SMILES string of the molecule is CCN(CC)C(=O)N1CC(NC(=O)CCc2csc(N)n2)C(C2CC2)C1. The van der Waals surface area contributed by atoms with Crippen molar-refractivity contribution >= 4 is 28.4 Å². The number of rotatable bonds is 7. The number of amides is 3. The molecule has 1 aromatic heterocycles. The fourth-order valence-corrected chi connectivity index (χ4v) is 4.39. The molecule has 0 aromatic carbocycles. The Morgan fingerprint density at radius 2 is 2.08 bits per heavy atom. The van der Waals surface area contributed by atoms with Crippen LogP contribution >= 0.6 is 11.3 Å². The first-order chi connectivity index (χ1) is 12.5. The first-order valence-electron chi connectivity index (χ1n) is 9.54. The number of hydrogen-bond donors (Lipinski definition) is 2. The first kappa shape index (κ1) is 18.9. The zero-order valence-corrected chi connectivity index (χ0v) is 16.4. The summed E-state index contributed by atoms with van der Waals surface area (Å²) in [6, 6.07) is 0.158. The molecule has 1 aliphatic heterocycles. The van der Waals surface area contributed by atoms with E-state index in [0.29, 0.717) is 49.4 Å². The average Bonchev–Trinajstić information content (AvgIpc) is 3.25. The Morgan fingerprint density at radius 1 is 1.35 bits per heavy atom. The molecule has 2 heterocycles. The van der Waals surface area contributed by atoms with Gasteiger partial charge >= 0.3 is 6.03 Å². The van der Waals surface area contributed by atoms with Gasteiger partial charge in [0, 0.05) is 43.9 Å². The Kier molecular flexibility index (Phi) is 6.01. The number of nitrogens with two attached hydrogens (primary N) is 1. The van der Waals surface area contributed by atoms with E-state index >= 15 is 0 Å². The van der Waals surface area contributed by atoms with Gasteiger partial charge in [0.05, 0.1) is 11.7 Å². The van der Waals surface area contributed by atoms with E-state index < -0.39 is 0 Å². The highest BCUT2D eigenvalue weighted by Crippen LogP contribution is 2.41. The standard InChI is InChI=1S/C18H29N5O2S/c1-3-22(4-2)18(25)23-9-14(12-5-6-12)15(10-23)21-16(24)8-7-13-11-26-17(19)20-13/h11-12,14-15H,3-10H2,1-2H3,(H2,19,20)(H,21,24). The van der Waals surface area contributed by atoms with E-state index in [2.05, 4.69) is 10.3 Å².